The van der Waals surface area contributed by atoms with Gasteiger partial charge in [-0.3, -0.25) is 33.7 Å². The number of aliphatic carboxylic acids is 1. The third-order valence-corrected chi connectivity index (χ3v) is 6.79. The largest absolute Gasteiger partial charge is 0.480 e. The number of piperazine rings is 1. The highest BCUT2D eigenvalue weighted by atomic mass is 16.6. The minimum Gasteiger partial charge on any atom is -0.480 e. The summed E-state index contributed by atoms with van der Waals surface area (Å²) in [6, 6.07) is 3.90. The van der Waals surface area contributed by atoms with E-state index in [1.165, 1.54) is 14.0 Å². The molecule has 2 aliphatic rings. The molecule has 2 aromatic rings. The molecule has 3 amide bonds. The average Bonchev–Trinajstić information content (AvgIpc) is 3.06. The van der Waals surface area contributed by atoms with Crippen molar-refractivity contribution in [3.63, 3.8) is 0 Å². The van der Waals surface area contributed by atoms with Crippen LogP contribution in [0.25, 0.3) is 11.0 Å². The van der Waals surface area contributed by atoms with Crippen LogP contribution in [0.15, 0.2) is 23.0 Å². The highest BCUT2D eigenvalue weighted by Crippen LogP contribution is 2.24. The van der Waals surface area contributed by atoms with Crippen molar-refractivity contribution in [1.29, 1.82) is 0 Å². The summed E-state index contributed by atoms with van der Waals surface area (Å²) < 4.78 is 8.30. The van der Waals surface area contributed by atoms with Gasteiger partial charge in [0.05, 0.1) is 17.6 Å². The molecule has 0 bridgehead atoms. The molecule has 1 aromatic carbocycles. The van der Waals surface area contributed by atoms with Crippen LogP contribution >= 0.6 is 0 Å². The fourth-order valence-electron chi connectivity index (χ4n) is 4.88. The first kappa shape index (κ1) is 26.4. The number of nitrogens with zero attached hydrogens (tertiary/aromatic N) is 4. The fourth-order valence-corrected chi connectivity index (χ4v) is 4.88. The molecule has 2 N–H and O–H groups in total. The van der Waals surface area contributed by atoms with E-state index in [9.17, 15) is 29.1 Å². The summed E-state index contributed by atoms with van der Waals surface area (Å²) in [5.41, 5.74) is 1.15. The van der Waals surface area contributed by atoms with Gasteiger partial charge in [0.2, 0.25) is 11.8 Å². The summed E-state index contributed by atoms with van der Waals surface area (Å²) in [5, 5.41) is 12.1. The van der Waals surface area contributed by atoms with Crippen molar-refractivity contribution in [3.05, 3.63) is 34.2 Å². The minimum atomic E-state index is -1.01. The first-order chi connectivity index (χ1) is 17.4. The van der Waals surface area contributed by atoms with Crippen LogP contribution in [0, 0.1) is 0 Å². The van der Waals surface area contributed by atoms with Crippen molar-refractivity contribution in [2.45, 2.75) is 57.7 Å². The summed E-state index contributed by atoms with van der Waals surface area (Å²) >= 11 is 0. The molecule has 2 atom stereocenters. The Morgan fingerprint density at radius 2 is 1.86 bits per heavy atom. The number of nitrogens with one attached hydrogen (secondary N) is 1. The maximum atomic E-state index is 13.0. The van der Waals surface area contributed by atoms with Gasteiger partial charge < -0.3 is 14.7 Å². The van der Waals surface area contributed by atoms with E-state index in [0.717, 1.165) is 5.56 Å². The maximum Gasteiger partial charge on any atom is 0.410 e. The number of carboxylic acid groups (broad SMARTS) is 1. The number of aryl methyl sites for hydroxylation is 1. The van der Waals surface area contributed by atoms with Crippen LogP contribution in [-0.2, 0) is 32.6 Å². The summed E-state index contributed by atoms with van der Waals surface area (Å²) in [6.45, 7) is 6.54. The number of fused-ring (bicyclic) bond motifs is 1. The lowest BCUT2D eigenvalue weighted by atomic mass is 10.1. The van der Waals surface area contributed by atoms with Crippen LogP contribution in [0.5, 0.6) is 0 Å². The van der Waals surface area contributed by atoms with Gasteiger partial charge in [-0.25, -0.2) is 9.59 Å². The fraction of sp³-hybridized carbons (Fsp3) is 0.560. The first-order valence-electron chi connectivity index (χ1n) is 12.3. The first-order valence-corrected chi connectivity index (χ1v) is 12.3. The van der Waals surface area contributed by atoms with E-state index in [-0.39, 0.29) is 31.0 Å². The number of ether oxygens (including phenoxy) is 1. The van der Waals surface area contributed by atoms with Crippen molar-refractivity contribution in [2.24, 2.45) is 7.05 Å². The standard InChI is InChI=1S/C25H33N5O7/c1-25(2,3)37-24(36)29-12-11-28(19(14-29)22(33)34)10-9-15-5-6-16-18(13-15)27(4)23(35)30(16)17-7-8-20(31)26-21(17)32/h5-6,13,17,19H,7-12,14H2,1-4H3,(H,33,34)(H,26,31,32)/t17?,19-/m0/s1. The number of benzene rings is 1. The molecule has 1 aromatic heterocycles. The van der Waals surface area contributed by atoms with Crippen LogP contribution < -0.4 is 11.0 Å². The highest BCUT2D eigenvalue weighted by Gasteiger charge is 2.36. The van der Waals surface area contributed by atoms with E-state index in [0.29, 0.717) is 37.1 Å². The molecule has 0 radical (unpaired) electrons. The number of piperidine rings is 1. The Hall–Kier alpha value is -3.67. The van der Waals surface area contributed by atoms with Gasteiger partial charge in [0.25, 0.3) is 0 Å². The minimum absolute atomic E-state index is 0.0343. The zero-order valence-corrected chi connectivity index (χ0v) is 21.5. The number of carbonyl (C=O) groups excluding carboxylic acids is 3. The number of hydrogen-bond donors (Lipinski definition) is 2. The van der Waals surface area contributed by atoms with Gasteiger partial charge in [-0.2, -0.15) is 0 Å². The maximum absolute atomic E-state index is 13.0. The summed E-state index contributed by atoms with van der Waals surface area (Å²) in [4.78, 5) is 64.5. The van der Waals surface area contributed by atoms with E-state index >= 15 is 0 Å². The summed E-state index contributed by atoms with van der Waals surface area (Å²) in [7, 11) is 1.63. The van der Waals surface area contributed by atoms with Gasteiger partial charge in [-0.05, 0) is 51.3 Å². The Balaban J connectivity index is 1.48. The van der Waals surface area contributed by atoms with Gasteiger partial charge in [0.1, 0.15) is 17.7 Å². The van der Waals surface area contributed by atoms with Gasteiger partial charge in [0, 0.05) is 33.1 Å². The summed E-state index contributed by atoms with van der Waals surface area (Å²) in [6.07, 6.45) is 0.440. The Morgan fingerprint density at radius 1 is 1.14 bits per heavy atom. The van der Waals surface area contributed by atoms with Crippen molar-refractivity contribution in [2.75, 3.05) is 26.2 Å². The number of carbonyl (C=O) groups is 4. The van der Waals surface area contributed by atoms with Gasteiger partial charge in [0.15, 0.2) is 0 Å². The SMILES string of the molecule is Cn1c(=O)n(C2CCC(=O)NC2=O)c2ccc(CCN3CCN(C(=O)OC(C)(C)C)C[C@H]3C(=O)O)cc21. The van der Waals surface area contributed by atoms with Crippen LogP contribution in [0.1, 0.15) is 45.2 Å². The average molecular weight is 516 g/mol. The quantitative estimate of drug-likeness (QED) is 0.559. The van der Waals surface area contributed by atoms with Crippen LogP contribution in [0.3, 0.4) is 0 Å². The van der Waals surface area contributed by atoms with Crippen molar-refractivity contribution in [1.82, 2.24) is 24.3 Å². The number of aromatic nitrogens is 2. The zero-order valence-electron chi connectivity index (χ0n) is 21.5. The van der Waals surface area contributed by atoms with Crippen molar-refractivity contribution >= 4 is 34.9 Å². The molecule has 4 rings (SSSR count). The number of hydrogen-bond acceptors (Lipinski definition) is 7. The molecular weight excluding hydrogens is 482 g/mol. The van der Waals surface area contributed by atoms with E-state index < -0.39 is 35.7 Å². The smallest absolute Gasteiger partial charge is 0.410 e. The van der Waals surface area contributed by atoms with Gasteiger partial charge in [-0.15, -0.1) is 0 Å². The lowest BCUT2D eigenvalue weighted by molar-refractivity contribution is -0.145. The molecule has 12 heteroatoms. The molecule has 0 spiro atoms. The highest BCUT2D eigenvalue weighted by molar-refractivity contribution is 6.00. The Bertz CT molecular complexity index is 1300. The third kappa shape index (κ3) is 5.53. The van der Waals surface area contributed by atoms with Gasteiger partial charge in [-0.1, -0.05) is 6.07 Å². The molecule has 2 fully saturated rings. The van der Waals surface area contributed by atoms with Crippen molar-refractivity contribution < 1.29 is 29.0 Å². The lowest BCUT2D eigenvalue weighted by Gasteiger charge is -2.39. The number of imide groups is 1. The predicted molar refractivity (Wildman–Crippen MR) is 133 cm³/mol. The second-order valence-electron chi connectivity index (χ2n) is 10.6. The molecule has 1 unspecified atom stereocenters. The number of imidazole rings is 1. The predicted octanol–water partition coefficient (Wildman–Crippen LogP) is 0.866. The monoisotopic (exact) mass is 515 g/mol. The molecule has 0 saturated carbocycles. The molecule has 3 heterocycles. The number of amides is 3. The van der Waals surface area contributed by atoms with Gasteiger partial charge >= 0.3 is 17.8 Å². The van der Waals surface area contributed by atoms with E-state index in [1.807, 2.05) is 17.0 Å². The van der Waals surface area contributed by atoms with E-state index in [2.05, 4.69) is 5.32 Å². The van der Waals surface area contributed by atoms with E-state index in [1.54, 1.807) is 33.9 Å². The Morgan fingerprint density at radius 3 is 2.51 bits per heavy atom. The normalized spacial score (nSPS) is 21.2. The topological polar surface area (TPSA) is 143 Å². The molecular formula is C25H33N5O7. The lowest BCUT2D eigenvalue weighted by Crippen LogP contribution is -2.58. The number of carboxylic acids is 1. The molecule has 0 aliphatic carbocycles. The van der Waals surface area contributed by atoms with Crippen LogP contribution in [0.4, 0.5) is 4.79 Å². The molecule has 37 heavy (non-hydrogen) atoms. The zero-order chi connectivity index (χ0) is 27.1. The molecule has 2 aliphatic heterocycles. The van der Waals surface area contributed by atoms with E-state index in [4.69, 9.17) is 4.74 Å². The molecule has 200 valence electrons. The Kier molecular flexibility index (Phi) is 7.13. The second kappa shape index (κ2) is 10.0. The molecule has 2 saturated heterocycles. The summed E-state index contributed by atoms with van der Waals surface area (Å²) in [5.74, 6) is -1.84. The third-order valence-electron chi connectivity index (χ3n) is 6.79. The molecule has 12 nitrogen and oxygen atoms in total. The van der Waals surface area contributed by atoms with Crippen LogP contribution in [-0.4, -0.2) is 85.7 Å². The van der Waals surface area contributed by atoms with Crippen molar-refractivity contribution in [3.8, 4) is 0 Å². The second-order valence-corrected chi connectivity index (χ2v) is 10.6. The van der Waals surface area contributed by atoms with Crippen LogP contribution in [0.2, 0.25) is 0 Å². The number of rotatable bonds is 5. The Labute approximate surface area is 213 Å².